The van der Waals surface area contributed by atoms with Crippen molar-refractivity contribution in [3.63, 3.8) is 0 Å². The summed E-state index contributed by atoms with van der Waals surface area (Å²) in [6, 6.07) is 0.285. The molecule has 1 unspecified atom stereocenters. The van der Waals surface area contributed by atoms with Gasteiger partial charge in [-0.1, -0.05) is 58.3 Å². The molecule has 0 saturated heterocycles. The van der Waals surface area contributed by atoms with Crippen molar-refractivity contribution >= 4 is 11.3 Å². The summed E-state index contributed by atoms with van der Waals surface area (Å²) in [5, 5.41) is 0. The zero-order chi connectivity index (χ0) is 13.9. The van der Waals surface area contributed by atoms with Crippen molar-refractivity contribution in [1.82, 2.24) is 10.4 Å². The Bertz CT molecular complexity index is 325. The van der Waals surface area contributed by atoms with Crippen molar-refractivity contribution in [2.24, 2.45) is 5.84 Å². The number of aryl methyl sites for hydroxylation is 1. The molecule has 0 saturated carbocycles. The molecule has 3 nitrogen and oxygen atoms in total. The number of aromatic nitrogens is 1. The normalized spacial score (nSPS) is 12.8. The average Bonchev–Trinajstić information content (AvgIpc) is 2.83. The summed E-state index contributed by atoms with van der Waals surface area (Å²) < 4.78 is 0. The molecule has 1 atom stereocenters. The first-order valence-electron chi connectivity index (χ1n) is 7.65. The van der Waals surface area contributed by atoms with Gasteiger partial charge in [0.05, 0.1) is 17.2 Å². The van der Waals surface area contributed by atoms with Crippen LogP contribution in [0.5, 0.6) is 0 Å². The Hall–Kier alpha value is -0.450. The third kappa shape index (κ3) is 6.50. The van der Waals surface area contributed by atoms with E-state index in [1.54, 1.807) is 11.3 Å². The molecule has 1 heterocycles. The topological polar surface area (TPSA) is 50.9 Å². The molecule has 0 fully saturated rings. The molecule has 1 aromatic rings. The number of hydrogen-bond donors (Lipinski definition) is 2. The van der Waals surface area contributed by atoms with E-state index in [1.165, 1.54) is 56.2 Å². The zero-order valence-electron chi connectivity index (χ0n) is 12.5. The summed E-state index contributed by atoms with van der Waals surface area (Å²) >= 11 is 1.71. The van der Waals surface area contributed by atoms with Crippen molar-refractivity contribution in [3.05, 3.63) is 16.1 Å². The molecule has 0 aliphatic heterocycles. The Labute approximate surface area is 122 Å². The Balaban J connectivity index is 2.09. The molecule has 0 amide bonds. The summed E-state index contributed by atoms with van der Waals surface area (Å²) in [5.41, 5.74) is 5.96. The van der Waals surface area contributed by atoms with E-state index in [9.17, 15) is 0 Å². The Morgan fingerprint density at radius 2 is 1.79 bits per heavy atom. The third-order valence-electron chi connectivity index (χ3n) is 3.65. The van der Waals surface area contributed by atoms with E-state index < -0.39 is 0 Å². The van der Waals surface area contributed by atoms with Crippen molar-refractivity contribution in [3.8, 4) is 0 Å². The van der Waals surface area contributed by atoms with Crippen LogP contribution in [0.1, 0.15) is 81.3 Å². The van der Waals surface area contributed by atoms with Gasteiger partial charge in [0, 0.05) is 4.88 Å². The van der Waals surface area contributed by atoms with Crippen LogP contribution in [-0.2, 0) is 0 Å². The quantitative estimate of drug-likeness (QED) is 0.357. The van der Waals surface area contributed by atoms with Gasteiger partial charge in [-0.2, -0.15) is 0 Å². The Kier molecular flexibility index (Phi) is 9.05. The van der Waals surface area contributed by atoms with Gasteiger partial charge in [0.25, 0.3) is 0 Å². The van der Waals surface area contributed by atoms with Gasteiger partial charge in [-0.05, 0) is 13.3 Å². The zero-order valence-corrected chi connectivity index (χ0v) is 13.3. The second kappa shape index (κ2) is 10.4. The molecule has 0 bridgehead atoms. The first-order chi connectivity index (χ1) is 9.29. The Morgan fingerprint density at radius 3 is 2.32 bits per heavy atom. The van der Waals surface area contributed by atoms with Gasteiger partial charge in [0.1, 0.15) is 0 Å². The number of rotatable bonds is 11. The van der Waals surface area contributed by atoms with Crippen molar-refractivity contribution in [1.29, 1.82) is 0 Å². The molecular weight excluding hydrogens is 254 g/mol. The minimum Gasteiger partial charge on any atom is -0.271 e. The van der Waals surface area contributed by atoms with Crippen LogP contribution in [0.2, 0.25) is 0 Å². The fourth-order valence-corrected chi connectivity index (χ4v) is 3.32. The second-order valence-electron chi connectivity index (χ2n) is 5.28. The predicted octanol–water partition coefficient (Wildman–Crippen LogP) is 4.49. The average molecular weight is 283 g/mol. The van der Waals surface area contributed by atoms with Crippen LogP contribution < -0.4 is 11.3 Å². The van der Waals surface area contributed by atoms with Gasteiger partial charge in [-0.3, -0.25) is 11.3 Å². The fraction of sp³-hybridized carbons (Fsp3) is 0.800. The molecule has 1 aromatic heterocycles. The van der Waals surface area contributed by atoms with E-state index in [1.807, 2.05) is 5.51 Å². The molecule has 4 heteroatoms. The molecule has 0 spiro atoms. The molecule has 0 aliphatic carbocycles. The van der Waals surface area contributed by atoms with Crippen LogP contribution >= 0.6 is 11.3 Å². The lowest BCUT2D eigenvalue weighted by Gasteiger charge is -2.14. The van der Waals surface area contributed by atoms with Gasteiger partial charge in [-0.15, -0.1) is 11.3 Å². The maximum absolute atomic E-state index is 5.66. The van der Waals surface area contributed by atoms with Crippen molar-refractivity contribution < 1.29 is 0 Å². The van der Waals surface area contributed by atoms with E-state index in [0.717, 1.165) is 12.1 Å². The second-order valence-corrected chi connectivity index (χ2v) is 6.17. The first-order valence-corrected chi connectivity index (χ1v) is 8.53. The Morgan fingerprint density at radius 1 is 1.16 bits per heavy atom. The molecule has 3 N–H and O–H groups in total. The van der Waals surface area contributed by atoms with Crippen LogP contribution in [0.4, 0.5) is 0 Å². The van der Waals surface area contributed by atoms with E-state index in [0.29, 0.717) is 0 Å². The molecule has 110 valence electrons. The van der Waals surface area contributed by atoms with Crippen LogP contribution in [0, 0.1) is 6.92 Å². The summed E-state index contributed by atoms with van der Waals surface area (Å²) in [7, 11) is 0. The molecule has 19 heavy (non-hydrogen) atoms. The number of nitrogens with zero attached hydrogens (tertiary/aromatic N) is 1. The third-order valence-corrected chi connectivity index (χ3v) is 4.69. The highest BCUT2D eigenvalue weighted by Gasteiger charge is 2.13. The summed E-state index contributed by atoms with van der Waals surface area (Å²) in [4.78, 5) is 5.59. The van der Waals surface area contributed by atoms with Crippen molar-refractivity contribution in [2.75, 3.05) is 0 Å². The molecule has 0 radical (unpaired) electrons. The number of hydrogen-bond acceptors (Lipinski definition) is 4. The van der Waals surface area contributed by atoms with Crippen molar-refractivity contribution in [2.45, 2.75) is 77.7 Å². The predicted molar refractivity (Wildman–Crippen MR) is 84.1 cm³/mol. The SMILES string of the molecule is CCCCCCCCCCC(NN)c1scnc1C. The molecule has 1 rings (SSSR count). The van der Waals surface area contributed by atoms with Gasteiger partial charge < -0.3 is 0 Å². The lowest BCUT2D eigenvalue weighted by molar-refractivity contribution is 0.478. The molecular formula is C15H29N3S. The number of nitrogens with two attached hydrogens (primary N) is 1. The summed E-state index contributed by atoms with van der Waals surface area (Å²) in [6.07, 6.45) is 12.0. The van der Waals surface area contributed by atoms with E-state index in [-0.39, 0.29) is 6.04 Å². The molecule has 0 aromatic carbocycles. The first kappa shape index (κ1) is 16.6. The largest absolute Gasteiger partial charge is 0.271 e. The highest BCUT2D eigenvalue weighted by Crippen LogP contribution is 2.25. The lowest BCUT2D eigenvalue weighted by Crippen LogP contribution is -2.27. The lowest BCUT2D eigenvalue weighted by atomic mass is 10.0. The van der Waals surface area contributed by atoms with Gasteiger partial charge in [-0.25, -0.2) is 4.98 Å². The van der Waals surface area contributed by atoms with Gasteiger partial charge >= 0.3 is 0 Å². The number of thiazole rings is 1. The standard InChI is InChI=1S/C15H29N3S/c1-3-4-5-6-7-8-9-10-11-14(18-16)15-13(2)17-12-19-15/h12,14,18H,3-11,16H2,1-2H3. The smallest absolute Gasteiger partial charge is 0.0798 e. The molecule has 0 aliphatic rings. The monoisotopic (exact) mass is 283 g/mol. The maximum atomic E-state index is 5.66. The minimum absolute atomic E-state index is 0.285. The van der Waals surface area contributed by atoms with E-state index in [4.69, 9.17) is 5.84 Å². The number of unbranched alkanes of at least 4 members (excludes halogenated alkanes) is 7. The summed E-state index contributed by atoms with van der Waals surface area (Å²) in [6.45, 7) is 4.32. The van der Waals surface area contributed by atoms with Crippen LogP contribution in [0.25, 0.3) is 0 Å². The van der Waals surface area contributed by atoms with Crippen LogP contribution in [-0.4, -0.2) is 4.98 Å². The highest BCUT2D eigenvalue weighted by atomic mass is 32.1. The van der Waals surface area contributed by atoms with Crippen LogP contribution in [0.15, 0.2) is 5.51 Å². The fourth-order valence-electron chi connectivity index (χ4n) is 2.42. The summed E-state index contributed by atoms with van der Waals surface area (Å²) in [5.74, 6) is 5.66. The van der Waals surface area contributed by atoms with Crippen LogP contribution in [0.3, 0.4) is 0 Å². The number of nitrogens with one attached hydrogen (secondary N) is 1. The number of hydrazine groups is 1. The maximum Gasteiger partial charge on any atom is 0.0798 e. The van der Waals surface area contributed by atoms with E-state index >= 15 is 0 Å². The highest BCUT2D eigenvalue weighted by molar-refractivity contribution is 7.09. The minimum atomic E-state index is 0.285. The van der Waals surface area contributed by atoms with E-state index in [2.05, 4.69) is 24.3 Å². The van der Waals surface area contributed by atoms with Gasteiger partial charge in [0.2, 0.25) is 0 Å². The van der Waals surface area contributed by atoms with Gasteiger partial charge in [0.15, 0.2) is 0 Å².